The molecule has 0 aliphatic carbocycles. The van der Waals surface area contributed by atoms with E-state index in [4.69, 9.17) is 9.47 Å². The average Bonchev–Trinajstić information content (AvgIpc) is 2.81. The number of aryl methyl sites for hydroxylation is 4. The first-order chi connectivity index (χ1) is 17.0. The lowest BCUT2D eigenvalue weighted by molar-refractivity contribution is -0.147. The van der Waals surface area contributed by atoms with Crippen molar-refractivity contribution in [2.75, 3.05) is 13.1 Å². The molecule has 0 aromatic heterocycles. The monoisotopic (exact) mass is 492 g/mol. The van der Waals surface area contributed by atoms with Crippen molar-refractivity contribution in [1.29, 1.82) is 0 Å². The lowest BCUT2D eigenvalue weighted by Gasteiger charge is -2.25. The Morgan fingerprint density at radius 1 is 0.667 bits per heavy atom. The zero-order chi connectivity index (χ0) is 26.8. The van der Waals surface area contributed by atoms with Gasteiger partial charge in [0.2, 0.25) is 12.2 Å². The normalized spacial score (nSPS) is 12.0. The Morgan fingerprint density at radius 3 is 1.25 bits per heavy atom. The molecule has 2 aromatic rings. The summed E-state index contributed by atoms with van der Waals surface area (Å²) >= 11 is 0. The van der Waals surface area contributed by atoms with Gasteiger partial charge in [-0.1, -0.05) is 46.5 Å². The number of esters is 2. The molecule has 2 amide bonds. The Bertz CT molecular complexity index is 1040. The Labute approximate surface area is 211 Å². The van der Waals surface area contributed by atoms with E-state index in [0.717, 1.165) is 22.3 Å². The maximum absolute atomic E-state index is 13.0. The van der Waals surface area contributed by atoms with Gasteiger partial charge in [-0.15, -0.1) is 13.2 Å². The highest BCUT2D eigenvalue weighted by Crippen LogP contribution is 2.17. The molecule has 190 valence electrons. The first-order valence-corrected chi connectivity index (χ1v) is 11.4. The van der Waals surface area contributed by atoms with Gasteiger partial charge < -0.3 is 20.1 Å². The SMILES string of the molecule is C=CCNC(=O)[C@@H](OC(=O)c1cc(C)cc(C)c1)[C@H](OC(=O)c1cc(C)cc(C)c1)C(=O)NCC=C. The van der Waals surface area contributed by atoms with Gasteiger partial charge in [0.25, 0.3) is 11.8 Å². The van der Waals surface area contributed by atoms with E-state index < -0.39 is 36.0 Å². The molecule has 2 N–H and O–H groups in total. The third-order valence-corrected chi connectivity index (χ3v) is 5.02. The molecule has 0 unspecified atom stereocenters. The summed E-state index contributed by atoms with van der Waals surface area (Å²) in [7, 11) is 0. The summed E-state index contributed by atoms with van der Waals surface area (Å²) < 4.78 is 11.0. The topological polar surface area (TPSA) is 111 Å². The molecule has 0 aliphatic heterocycles. The highest BCUT2D eigenvalue weighted by molar-refractivity contribution is 5.98. The van der Waals surface area contributed by atoms with E-state index in [1.165, 1.54) is 12.2 Å². The van der Waals surface area contributed by atoms with Crippen molar-refractivity contribution in [3.05, 3.63) is 95.1 Å². The third kappa shape index (κ3) is 7.94. The fourth-order valence-electron chi connectivity index (χ4n) is 3.60. The van der Waals surface area contributed by atoms with Crippen molar-refractivity contribution in [3.63, 3.8) is 0 Å². The van der Waals surface area contributed by atoms with Crippen LogP contribution in [0.5, 0.6) is 0 Å². The predicted molar refractivity (Wildman–Crippen MR) is 137 cm³/mol. The molecule has 0 spiro atoms. The lowest BCUT2D eigenvalue weighted by Crippen LogP contribution is -2.53. The van der Waals surface area contributed by atoms with E-state index in [9.17, 15) is 19.2 Å². The molecule has 0 heterocycles. The zero-order valence-corrected chi connectivity index (χ0v) is 21.1. The highest BCUT2D eigenvalue weighted by atomic mass is 16.6. The van der Waals surface area contributed by atoms with Crippen LogP contribution in [-0.4, -0.2) is 49.1 Å². The number of benzene rings is 2. The zero-order valence-electron chi connectivity index (χ0n) is 21.1. The lowest BCUT2D eigenvalue weighted by atomic mass is 10.1. The fourth-order valence-corrected chi connectivity index (χ4v) is 3.60. The van der Waals surface area contributed by atoms with Crippen LogP contribution < -0.4 is 10.6 Å². The van der Waals surface area contributed by atoms with Gasteiger partial charge in [-0.2, -0.15) is 0 Å². The first kappa shape index (κ1) is 28.0. The van der Waals surface area contributed by atoms with Crippen molar-refractivity contribution < 1.29 is 28.7 Å². The molecule has 8 nitrogen and oxygen atoms in total. The summed E-state index contributed by atoms with van der Waals surface area (Å²) in [6.45, 7) is 14.4. The summed E-state index contributed by atoms with van der Waals surface area (Å²) in [5.74, 6) is -3.33. The second kappa shape index (κ2) is 13.0. The summed E-state index contributed by atoms with van der Waals surface area (Å²) in [4.78, 5) is 52.1. The van der Waals surface area contributed by atoms with Crippen molar-refractivity contribution in [1.82, 2.24) is 10.6 Å². The van der Waals surface area contributed by atoms with E-state index in [-0.39, 0.29) is 24.2 Å². The Hall–Kier alpha value is -4.20. The second-order valence-electron chi connectivity index (χ2n) is 8.47. The quantitative estimate of drug-likeness (QED) is 0.368. The Balaban J connectivity index is 2.46. The number of nitrogens with one attached hydrogen (secondary N) is 2. The second-order valence-corrected chi connectivity index (χ2v) is 8.47. The average molecular weight is 493 g/mol. The Morgan fingerprint density at radius 2 is 0.972 bits per heavy atom. The maximum atomic E-state index is 13.0. The van der Waals surface area contributed by atoms with Crippen LogP contribution in [0.1, 0.15) is 43.0 Å². The van der Waals surface area contributed by atoms with Gasteiger partial charge in [-0.3, -0.25) is 9.59 Å². The van der Waals surface area contributed by atoms with E-state index in [1.54, 1.807) is 24.3 Å². The van der Waals surface area contributed by atoms with Gasteiger partial charge in [0.15, 0.2) is 0 Å². The fraction of sp³-hybridized carbons (Fsp3) is 0.286. The summed E-state index contributed by atoms with van der Waals surface area (Å²) in [6.07, 6.45) is -0.680. The number of amides is 2. The Kier molecular flexibility index (Phi) is 10.2. The first-order valence-electron chi connectivity index (χ1n) is 11.4. The molecule has 8 heteroatoms. The van der Waals surface area contributed by atoms with Gasteiger partial charge in [-0.25, -0.2) is 9.59 Å². The van der Waals surface area contributed by atoms with E-state index in [2.05, 4.69) is 23.8 Å². The molecule has 0 bridgehead atoms. The number of hydrogen-bond acceptors (Lipinski definition) is 6. The third-order valence-electron chi connectivity index (χ3n) is 5.02. The van der Waals surface area contributed by atoms with Crippen LogP contribution >= 0.6 is 0 Å². The van der Waals surface area contributed by atoms with Gasteiger partial charge in [0.1, 0.15) is 0 Å². The van der Waals surface area contributed by atoms with Crippen LogP contribution in [0.4, 0.5) is 0 Å². The molecule has 0 fully saturated rings. The minimum atomic E-state index is -1.77. The number of rotatable bonds is 11. The number of carbonyl (C=O) groups is 4. The van der Waals surface area contributed by atoms with E-state index in [0.29, 0.717) is 0 Å². The molecule has 2 atom stereocenters. The van der Waals surface area contributed by atoms with Crippen molar-refractivity contribution in [2.45, 2.75) is 39.9 Å². The standard InChI is InChI=1S/C28H32N2O6/c1-7-9-29-25(31)23(35-27(33)21-13-17(3)11-18(4)14-21)24(26(32)30-10-8-2)36-28(34)22-15-19(5)12-20(6)16-22/h7-8,11-16,23-24H,1-2,9-10H2,3-6H3,(H,29,31)(H,30,32)/t23-,24-/m0/s1. The number of ether oxygens (including phenoxy) is 2. The summed E-state index contributed by atoms with van der Waals surface area (Å²) in [5, 5.41) is 5.02. The summed E-state index contributed by atoms with van der Waals surface area (Å²) in [5.41, 5.74) is 3.65. The largest absolute Gasteiger partial charge is 0.444 e. The molecular weight excluding hydrogens is 460 g/mol. The molecular formula is C28H32N2O6. The van der Waals surface area contributed by atoms with Crippen molar-refractivity contribution in [2.24, 2.45) is 0 Å². The molecule has 36 heavy (non-hydrogen) atoms. The van der Waals surface area contributed by atoms with Gasteiger partial charge >= 0.3 is 11.9 Å². The van der Waals surface area contributed by atoms with Crippen LogP contribution in [0.25, 0.3) is 0 Å². The van der Waals surface area contributed by atoms with Crippen LogP contribution in [0.15, 0.2) is 61.7 Å². The smallest absolute Gasteiger partial charge is 0.339 e. The predicted octanol–water partition coefficient (Wildman–Crippen LogP) is 3.28. The maximum Gasteiger partial charge on any atom is 0.339 e. The van der Waals surface area contributed by atoms with Crippen molar-refractivity contribution in [3.8, 4) is 0 Å². The van der Waals surface area contributed by atoms with Gasteiger partial charge in [0, 0.05) is 13.1 Å². The molecule has 0 saturated carbocycles. The molecule has 0 saturated heterocycles. The van der Waals surface area contributed by atoms with Crippen LogP contribution in [0.2, 0.25) is 0 Å². The van der Waals surface area contributed by atoms with E-state index in [1.807, 2.05) is 39.8 Å². The highest BCUT2D eigenvalue weighted by Gasteiger charge is 2.40. The van der Waals surface area contributed by atoms with Crippen LogP contribution in [0.3, 0.4) is 0 Å². The van der Waals surface area contributed by atoms with Crippen LogP contribution in [-0.2, 0) is 19.1 Å². The minimum absolute atomic E-state index is 0.0441. The molecule has 2 aromatic carbocycles. The molecule has 0 radical (unpaired) electrons. The van der Waals surface area contributed by atoms with Gasteiger partial charge in [0.05, 0.1) is 11.1 Å². The number of hydrogen-bond donors (Lipinski definition) is 2. The molecule has 2 rings (SSSR count). The minimum Gasteiger partial charge on any atom is -0.444 e. The summed E-state index contributed by atoms with van der Waals surface area (Å²) in [6, 6.07) is 10.2. The van der Waals surface area contributed by atoms with Crippen molar-refractivity contribution >= 4 is 23.8 Å². The number of carbonyl (C=O) groups excluding carboxylic acids is 4. The van der Waals surface area contributed by atoms with Crippen LogP contribution in [0, 0.1) is 27.7 Å². The van der Waals surface area contributed by atoms with E-state index >= 15 is 0 Å². The van der Waals surface area contributed by atoms with Gasteiger partial charge in [-0.05, 0) is 52.0 Å². The molecule has 0 aliphatic rings.